The monoisotopic (exact) mass is 386 g/mol. The van der Waals surface area contributed by atoms with Gasteiger partial charge in [0.05, 0.1) is 0 Å². The molecule has 0 radical (unpaired) electrons. The molecule has 2 aliphatic rings. The van der Waals surface area contributed by atoms with Gasteiger partial charge in [0.25, 0.3) is 0 Å². The summed E-state index contributed by atoms with van der Waals surface area (Å²) in [6.07, 6.45) is 3.64. The fourth-order valence-corrected chi connectivity index (χ4v) is 3.76. The van der Waals surface area contributed by atoms with Crippen LogP contribution >= 0.6 is 24.0 Å². The first-order valence-corrected chi connectivity index (χ1v) is 9.33. The van der Waals surface area contributed by atoms with E-state index in [-0.39, 0.29) is 18.4 Å². The van der Waals surface area contributed by atoms with Crippen LogP contribution in [0.3, 0.4) is 0 Å². The van der Waals surface area contributed by atoms with Gasteiger partial charge in [-0.1, -0.05) is 17.7 Å². The van der Waals surface area contributed by atoms with Crippen molar-refractivity contribution in [1.82, 2.24) is 15.1 Å². The van der Waals surface area contributed by atoms with Crippen molar-refractivity contribution in [3.05, 3.63) is 29.3 Å². The molecule has 3 rings (SSSR count). The number of nitrogens with one attached hydrogen (secondary N) is 2. The summed E-state index contributed by atoms with van der Waals surface area (Å²) in [6.45, 7) is 7.08. The number of benzene rings is 1. The van der Waals surface area contributed by atoms with Crippen LogP contribution in [0.15, 0.2) is 24.3 Å². The molecule has 7 heteroatoms. The second-order valence-corrected chi connectivity index (χ2v) is 7.23. The highest BCUT2D eigenvalue weighted by Gasteiger charge is 2.22. The van der Waals surface area contributed by atoms with Crippen molar-refractivity contribution in [3.63, 3.8) is 0 Å². The zero-order valence-corrected chi connectivity index (χ0v) is 16.1. The first-order valence-electron chi connectivity index (χ1n) is 8.95. The van der Waals surface area contributed by atoms with Crippen LogP contribution in [-0.2, 0) is 0 Å². The Bertz CT molecular complexity index is 552. The number of rotatable bonds is 3. The normalized spacial score (nSPS) is 22.0. The Morgan fingerprint density at radius 2 is 2.12 bits per heavy atom. The van der Waals surface area contributed by atoms with Crippen LogP contribution in [0.1, 0.15) is 19.3 Å². The van der Waals surface area contributed by atoms with E-state index in [2.05, 4.69) is 15.5 Å². The number of carbonyl (C=O) groups is 1. The lowest BCUT2D eigenvalue weighted by Crippen LogP contribution is -2.41. The van der Waals surface area contributed by atoms with Crippen molar-refractivity contribution in [2.45, 2.75) is 19.3 Å². The maximum Gasteiger partial charge on any atom is 0.321 e. The summed E-state index contributed by atoms with van der Waals surface area (Å²) in [5.74, 6) is 0.755. The Kier molecular flexibility index (Phi) is 8.30. The standard InChI is InChI=1S/C18H27ClN4O.ClH/c19-16-5-1-6-17(12-16)21-18(24)23-9-3-8-22(10-11-23)14-15-4-2-7-20-13-15;/h1,5-6,12,15,20H,2-4,7-11,13-14H2,(H,21,24);1H. The van der Waals surface area contributed by atoms with Crippen LogP contribution in [0.4, 0.5) is 10.5 Å². The largest absolute Gasteiger partial charge is 0.323 e. The van der Waals surface area contributed by atoms with Crippen LogP contribution in [0.2, 0.25) is 5.02 Å². The maximum absolute atomic E-state index is 12.5. The molecular formula is C18H28Cl2N4O. The van der Waals surface area contributed by atoms with Gasteiger partial charge in [-0.25, -0.2) is 4.79 Å². The lowest BCUT2D eigenvalue weighted by Gasteiger charge is -2.29. The number of nitrogens with zero attached hydrogens (tertiary/aromatic N) is 2. The van der Waals surface area contributed by atoms with Gasteiger partial charge in [0.2, 0.25) is 0 Å². The molecule has 140 valence electrons. The molecule has 0 saturated carbocycles. The van der Waals surface area contributed by atoms with Crippen molar-refractivity contribution in [2.75, 3.05) is 51.1 Å². The van der Waals surface area contributed by atoms with Crippen molar-refractivity contribution < 1.29 is 4.79 Å². The number of anilines is 1. The quantitative estimate of drug-likeness (QED) is 0.837. The van der Waals surface area contributed by atoms with E-state index in [1.165, 1.54) is 12.8 Å². The topological polar surface area (TPSA) is 47.6 Å². The minimum atomic E-state index is -0.0292. The SMILES string of the molecule is Cl.O=C(Nc1cccc(Cl)c1)N1CCCN(CC2CCCNC2)CC1. The fraction of sp³-hybridized carbons (Fsp3) is 0.611. The number of piperidine rings is 1. The smallest absolute Gasteiger partial charge is 0.321 e. The van der Waals surface area contributed by atoms with Crippen molar-refractivity contribution in [3.8, 4) is 0 Å². The summed E-state index contributed by atoms with van der Waals surface area (Å²) in [5, 5.41) is 7.07. The third kappa shape index (κ3) is 6.33. The van der Waals surface area contributed by atoms with E-state index >= 15 is 0 Å². The zero-order valence-electron chi connectivity index (χ0n) is 14.5. The average molecular weight is 387 g/mol. The predicted molar refractivity (Wildman–Crippen MR) is 106 cm³/mol. The van der Waals surface area contributed by atoms with E-state index in [9.17, 15) is 4.79 Å². The summed E-state index contributed by atoms with van der Waals surface area (Å²) in [5.41, 5.74) is 0.752. The van der Waals surface area contributed by atoms with Gasteiger partial charge in [-0.2, -0.15) is 0 Å². The molecule has 0 bridgehead atoms. The zero-order chi connectivity index (χ0) is 16.8. The molecule has 0 aromatic heterocycles. The molecule has 2 heterocycles. The van der Waals surface area contributed by atoms with E-state index in [1.807, 2.05) is 17.0 Å². The van der Waals surface area contributed by atoms with Gasteiger partial charge in [0.15, 0.2) is 0 Å². The highest BCUT2D eigenvalue weighted by Crippen LogP contribution is 2.17. The maximum atomic E-state index is 12.5. The molecule has 1 aromatic rings. The molecule has 0 spiro atoms. The summed E-state index contributed by atoms with van der Waals surface area (Å²) in [7, 11) is 0. The Labute approximate surface area is 161 Å². The Morgan fingerprint density at radius 3 is 2.88 bits per heavy atom. The van der Waals surface area contributed by atoms with Gasteiger partial charge in [0, 0.05) is 36.9 Å². The summed E-state index contributed by atoms with van der Waals surface area (Å²) < 4.78 is 0. The molecule has 2 amide bonds. The van der Waals surface area contributed by atoms with Gasteiger partial charge in [-0.3, -0.25) is 0 Å². The summed E-state index contributed by atoms with van der Waals surface area (Å²) in [6, 6.07) is 7.27. The van der Waals surface area contributed by atoms with Crippen molar-refractivity contribution >= 4 is 35.7 Å². The minimum absolute atomic E-state index is 0. The lowest BCUT2D eigenvalue weighted by molar-refractivity contribution is 0.201. The van der Waals surface area contributed by atoms with Crippen molar-refractivity contribution in [1.29, 1.82) is 0 Å². The Morgan fingerprint density at radius 1 is 1.24 bits per heavy atom. The van der Waals surface area contributed by atoms with Crippen LogP contribution in [-0.4, -0.2) is 61.6 Å². The summed E-state index contributed by atoms with van der Waals surface area (Å²) >= 11 is 5.98. The predicted octanol–water partition coefficient (Wildman–Crippen LogP) is 3.30. The molecule has 1 unspecified atom stereocenters. The van der Waals surface area contributed by atoms with Crippen LogP contribution in [0.5, 0.6) is 0 Å². The molecule has 2 fully saturated rings. The minimum Gasteiger partial charge on any atom is -0.323 e. The molecule has 0 aliphatic carbocycles. The van der Waals surface area contributed by atoms with Crippen LogP contribution in [0.25, 0.3) is 0 Å². The van der Waals surface area contributed by atoms with Gasteiger partial charge in [-0.05, 0) is 63.0 Å². The number of hydrogen-bond donors (Lipinski definition) is 2. The molecule has 5 nitrogen and oxygen atoms in total. The lowest BCUT2D eigenvalue weighted by atomic mass is 9.99. The van der Waals surface area contributed by atoms with Gasteiger partial charge in [0.1, 0.15) is 0 Å². The van der Waals surface area contributed by atoms with Gasteiger partial charge >= 0.3 is 6.03 Å². The molecule has 2 saturated heterocycles. The molecular weight excluding hydrogens is 359 g/mol. The first-order chi connectivity index (χ1) is 11.7. The third-order valence-electron chi connectivity index (χ3n) is 4.87. The first kappa shape index (κ1) is 20.3. The molecule has 25 heavy (non-hydrogen) atoms. The van der Waals surface area contributed by atoms with Crippen LogP contribution < -0.4 is 10.6 Å². The molecule has 2 aliphatic heterocycles. The van der Waals surface area contributed by atoms with Crippen LogP contribution in [0, 0.1) is 5.92 Å². The Hall–Kier alpha value is -1.01. The molecule has 1 atom stereocenters. The highest BCUT2D eigenvalue weighted by molar-refractivity contribution is 6.30. The number of carbonyl (C=O) groups excluding carboxylic acids is 1. The van der Waals surface area contributed by atoms with E-state index in [0.29, 0.717) is 5.02 Å². The number of urea groups is 1. The number of amides is 2. The van der Waals surface area contributed by atoms with Gasteiger partial charge < -0.3 is 20.4 Å². The molecule has 1 aromatic carbocycles. The van der Waals surface area contributed by atoms with E-state index in [1.54, 1.807) is 12.1 Å². The highest BCUT2D eigenvalue weighted by atomic mass is 35.5. The average Bonchev–Trinajstić information content (AvgIpc) is 2.81. The fourth-order valence-electron chi connectivity index (χ4n) is 3.57. The van der Waals surface area contributed by atoms with E-state index in [4.69, 9.17) is 11.6 Å². The Balaban J connectivity index is 0.00000225. The third-order valence-corrected chi connectivity index (χ3v) is 5.10. The van der Waals surface area contributed by atoms with E-state index < -0.39 is 0 Å². The number of halogens is 2. The second-order valence-electron chi connectivity index (χ2n) is 6.79. The van der Waals surface area contributed by atoms with Crippen molar-refractivity contribution in [2.24, 2.45) is 5.92 Å². The molecule has 2 N–H and O–H groups in total. The van der Waals surface area contributed by atoms with E-state index in [0.717, 1.165) is 63.8 Å². The number of hydrogen-bond acceptors (Lipinski definition) is 3. The second kappa shape index (κ2) is 10.2. The summed E-state index contributed by atoms with van der Waals surface area (Å²) in [4.78, 5) is 16.9. The van der Waals surface area contributed by atoms with Gasteiger partial charge in [-0.15, -0.1) is 12.4 Å².